The van der Waals surface area contributed by atoms with Gasteiger partial charge in [0.1, 0.15) is 11.4 Å². The molecule has 9 heteroatoms. The van der Waals surface area contributed by atoms with E-state index in [1.54, 1.807) is 23.8 Å². The number of anilines is 3. The Labute approximate surface area is 173 Å². The lowest BCUT2D eigenvalue weighted by Gasteiger charge is -2.34. The van der Waals surface area contributed by atoms with Crippen LogP contribution in [0.2, 0.25) is 0 Å². The van der Waals surface area contributed by atoms with Crippen molar-refractivity contribution in [3.05, 3.63) is 53.8 Å². The van der Waals surface area contributed by atoms with Gasteiger partial charge in [0.15, 0.2) is 5.13 Å². The van der Waals surface area contributed by atoms with Gasteiger partial charge in [-0.15, -0.1) is 11.3 Å². The Morgan fingerprint density at radius 1 is 1.14 bits per heavy atom. The molecule has 1 N–H and O–H groups in total. The number of ether oxygens (including phenoxy) is 1. The van der Waals surface area contributed by atoms with E-state index in [1.165, 1.54) is 11.3 Å². The minimum atomic E-state index is -0.0466. The number of aromatic nitrogens is 3. The Bertz CT molecular complexity index is 939. The van der Waals surface area contributed by atoms with Gasteiger partial charge in [-0.05, 0) is 37.3 Å². The number of carbonyl (C=O) groups is 1. The average Bonchev–Trinajstić information content (AvgIpc) is 3.24. The third-order valence-electron chi connectivity index (χ3n) is 4.54. The fourth-order valence-corrected chi connectivity index (χ4v) is 3.78. The maximum Gasteiger partial charge on any atom is 0.273 e. The van der Waals surface area contributed by atoms with Crippen LogP contribution in [0.4, 0.5) is 16.8 Å². The van der Waals surface area contributed by atoms with Gasteiger partial charge in [0.2, 0.25) is 5.95 Å². The van der Waals surface area contributed by atoms with Crippen molar-refractivity contribution in [2.75, 3.05) is 43.0 Å². The number of piperazine rings is 1. The van der Waals surface area contributed by atoms with Crippen molar-refractivity contribution >= 4 is 34.0 Å². The number of hydrogen-bond donors (Lipinski definition) is 1. The van der Waals surface area contributed by atoms with Crippen LogP contribution in [-0.2, 0) is 0 Å². The van der Waals surface area contributed by atoms with Gasteiger partial charge < -0.3 is 19.9 Å². The lowest BCUT2D eigenvalue weighted by atomic mass is 10.3. The molecule has 1 aliphatic heterocycles. The molecule has 1 aromatic carbocycles. The molecule has 0 saturated carbocycles. The Morgan fingerprint density at radius 3 is 2.55 bits per heavy atom. The molecule has 0 bridgehead atoms. The summed E-state index contributed by atoms with van der Waals surface area (Å²) in [5.41, 5.74) is 1.37. The summed E-state index contributed by atoms with van der Waals surface area (Å²) in [6.07, 6.45) is 3.46. The zero-order valence-corrected chi connectivity index (χ0v) is 16.9. The Hall–Kier alpha value is -3.20. The summed E-state index contributed by atoms with van der Waals surface area (Å²) in [6.45, 7) is 5.24. The summed E-state index contributed by atoms with van der Waals surface area (Å²) in [5.74, 6) is 1.48. The van der Waals surface area contributed by atoms with E-state index in [1.807, 2.05) is 36.1 Å². The maximum absolute atomic E-state index is 12.8. The second-order valence-corrected chi connectivity index (χ2v) is 7.31. The molecule has 0 unspecified atom stereocenters. The fourth-order valence-electron chi connectivity index (χ4n) is 3.08. The van der Waals surface area contributed by atoms with Crippen LogP contribution < -0.4 is 15.0 Å². The van der Waals surface area contributed by atoms with Crippen molar-refractivity contribution in [3.8, 4) is 5.75 Å². The molecule has 3 heterocycles. The van der Waals surface area contributed by atoms with Crippen LogP contribution in [0.3, 0.4) is 0 Å². The largest absolute Gasteiger partial charge is 0.494 e. The zero-order valence-electron chi connectivity index (χ0n) is 16.1. The third kappa shape index (κ3) is 4.62. The number of thiazole rings is 1. The van der Waals surface area contributed by atoms with Crippen LogP contribution in [0.1, 0.15) is 17.4 Å². The van der Waals surface area contributed by atoms with E-state index in [4.69, 9.17) is 4.74 Å². The molecular formula is C20H22N6O2S. The normalized spacial score (nSPS) is 14.0. The molecule has 8 nitrogen and oxygen atoms in total. The number of rotatable bonds is 6. The van der Waals surface area contributed by atoms with Gasteiger partial charge >= 0.3 is 0 Å². The third-order valence-corrected chi connectivity index (χ3v) is 5.30. The van der Waals surface area contributed by atoms with Crippen molar-refractivity contribution in [2.45, 2.75) is 6.92 Å². The van der Waals surface area contributed by atoms with Crippen LogP contribution in [0.15, 0.2) is 48.1 Å². The minimum absolute atomic E-state index is 0.0466. The summed E-state index contributed by atoms with van der Waals surface area (Å²) < 4.78 is 5.45. The van der Waals surface area contributed by atoms with Crippen LogP contribution in [0.25, 0.3) is 0 Å². The monoisotopic (exact) mass is 410 g/mol. The van der Waals surface area contributed by atoms with Gasteiger partial charge in [0.25, 0.3) is 5.91 Å². The van der Waals surface area contributed by atoms with Gasteiger partial charge in [-0.1, -0.05) is 0 Å². The van der Waals surface area contributed by atoms with Gasteiger partial charge in [0, 0.05) is 49.6 Å². The maximum atomic E-state index is 12.8. The topological polar surface area (TPSA) is 83.5 Å². The summed E-state index contributed by atoms with van der Waals surface area (Å²) in [5, 5.41) is 5.72. The van der Waals surface area contributed by atoms with Crippen LogP contribution >= 0.6 is 11.3 Å². The van der Waals surface area contributed by atoms with Crippen molar-refractivity contribution in [1.29, 1.82) is 0 Å². The Morgan fingerprint density at radius 2 is 1.86 bits per heavy atom. The highest BCUT2D eigenvalue weighted by Crippen LogP contribution is 2.24. The quantitative estimate of drug-likeness (QED) is 0.669. The van der Waals surface area contributed by atoms with Crippen molar-refractivity contribution in [1.82, 2.24) is 19.9 Å². The second kappa shape index (κ2) is 8.87. The number of hydrogen-bond acceptors (Lipinski definition) is 8. The summed E-state index contributed by atoms with van der Waals surface area (Å²) in [7, 11) is 0. The molecular weight excluding hydrogens is 388 g/mol. The van der Waals surface area contributed by atoms with Crippen molar-refractivity contribution in [2.24, 2.45) is 0 Å². The second-order valence-electron chi connectivity index (χ2n) is 6.45. The molecule has 1 aliphatic rings. The SMILES string of the molecule is CCOc1ccc(Nc2nc(C(=O)N3CCN(c4ncccn4)CC3)cs2)cc1. The first-order valence-electron chi connectivity index (χ1n) is 9.49. The molecule has 1 amide bonds. The smallest absolute Gasteiger partial charge is 0.273 e. The number of nitrogens with zero attached hydrogens (tertiary/aromatic N) is 5. The van der Waals surface area contributed by atoms with Crippen LogP contribution in [0.5, 0.6) is 5.75 Å². The van der Waals surface area contributed by atoms with Crippen molar-refractivity contribution < 1.29 is 9.53 Å². The number of carbonyl (C=O) groups excluding carboxylic acids is 1. The van der Waals surface area contributed by atoms with Crippen LogP contribution in [-0.4, -0.2) is 58.5 Å². The Kier molecular flexibility index (Phi) is 5.85. The van der Waals surface area contributed by atoms with Gasteiger partial charge in [-0.2, -0.15) is 0 Å². The molecule has 0 atom stereocenters. The highest BCUT2D eigenvalue weighted by molar-refractivity contribution is 7.14. The predicted molar refractivity (Wildman–Crippen MR) is 113 cm³/mol. The zero-order chi connectivity index (χ0) is 20.1. The molecule has 29 heavy (non-hydrogen) atoms. The highest BCUT2D eigenvalue weighted by atomic mass is 32.1. The molecule has 0 aliphatic carbocycles. The molecule has 0 radical (unpaired) electrons. The van der Waals surface area contributed by atoms with Gasteiger partial charge in [-0.3, -0.25) is 4.79 Å². The molecule has 150 valence electrons. The van der Waals surface area contributed by atoms with E-state index in [0.29, 0.717) is 49.6 Å². The first-order valence-corrected chi connectivity index (χ1v) is 10.4. The molecule has 1 saturated heterocycles. The molecule has 2 aromatic heterocycles. The van der Waals surface area contributed by atoms with E-state index in [-0.39, 0.29) is 5.91 Å². The van der Waals surface area contributed by atoms with E-state index in [0.717, 1.165) is 11.4 Å². The summed E-state index contributed by atoms with van der Waals surface area (Å²) in [4.78, 5) is 29.7. The van der Waals surface area contributed by atoms with E-state index < -0.39 is 0 Å². The standard InChI is InChI=1S/C20H22N6O2S/c1-2-28-16-6-4-15(5-7-16)23-20-24-17(14-29-20)18(27)25-10-12-26(13-11-25)19-21-8-3-9-22-19/h3-9,14H,2,10-13H2,1H3,(H,23,24). The number of nitrogens with one attached hydrogen (secondary N) is 1. The Balaban J connectivity index is 1.34. The highest BCUT2D eigenvalue weighted by Gasteiger charge is 2.24. The summed E-state index contributed by atoms with van der Waals surface area (Å²) >= 11 is 1.42. The van der Waals surface area contributed by atoms with Crippen LogP contribution in [0, 0.1) is 0 Å². The molecule has 0 spiro atoms. The molecule has 4 rings (SSSR count). The lowest BCUT2D eigenvalue weighted by molar-refractivity contribution is 0.0741. The first kappa shape index (κ1) is 19.1. The average molecular weight is 411 g/mol. The van der Waals surface area contributed by atoms with Gasteiger partial charge in [-0.25, -0.2) is 15.0 Å². The number of benzene rings is 1. The van der Waals surface area contributed by atoms with Crippen molar-refractivity contribution in [3.63, 3.8) is 0 Å². The minimum Gasteiger partial charge on any atom is -0.494 e. The molecule has 3 aromatic rings. The fraction of sp³-hybridized carbons (Fsp3) is 0.300. The first-order chi connectivity index (χ1) is 14.2. The van der Waals surface area contributed by atoms with Gasteiger partial charge in [0.05, 0.1) is 6.61 Å². The lowest BCUT2D eigenvalue weighted by Crippen LogP contribution is -2.49. The molecule has 1 fully saturated rings. The number of amides is 1. The van der Waals surface area contributed by atoms with E-state index in [2.05, 4.69) is 25.2 Å². The van der Waals surface area contributed by atoms with E-state index >= 15 is 0 Å². The summed E-state index contributed by atoms with van der Waals surface area (Å²) in [6, 6.07) is 9.46. The van der Waals surface area contributed by atoms with E-state index in [9.17, 15) is 4.79 Å². The predicted octanol–water partition coefficient (Wildman–Crippen LogP) is 3.04.